The molecule has 20 heavy (non-hydrogen) atoms. The number of aromatic nitrogens is 1. The Hall–Kier alpha value is -2.12. The molecule has 100 valence electrons. The van der Waals surface area contributed by atoms with E-state index >= 15 is 0 Å². The van der Waals surface area contributed by atoms with E-state index in [-0.39, 0.29) is 16.7 Å². The Morgan fingerprint density at radius 2 is 2.20 bits per heavy atom. The number of pyridine rings is 1. The molecule has 0 aliphatic heterocycles. The minimum atomic E-state index is -0.652. The summed E-state index contributed by atoms with van der Waals surface area (Å²) in [5.41, 5.74) is 2.30. The summed E-state index contributed by atoms with van der Waals surface area (Å²) in [5.74, 6) is -0.547. The second-order valence-corrected chi connectivity index (χ2v) is 4.97. The molecule has 0 unspecified atom stereocenters. The largest absolute Gasteiger partial charge is 0.435 e. The van der Waals surface area contributed by atoms with Crippen molar-refractivity contribution in [3.05, 3.63) is 51.9 Å². The molecule has 3 rings (SSSR count). The Bertz CT molecular complexity index is 725. The van der Waals surface area contributed by atoms with Gasteiger partial charge < -0.3 is 4.74 Å². The van der Waals surface area contributed by atoms with Crippen molar-refractivity contribution < 1.29 is 9.13 Å². The molecule has 1 heterocycles. The van der Waals surface area contributed by atoms with Crippen LogP contribution in [0.15, 0.2) is 24.3 Å². The van der Waals surface area contributed by atoms with Gasteiger partial charge >= 0.3 is 0 Å². The quantitative estimate of drug-likeness (QED) is 0.838. The van der Waals surface area contributed by atoms with Crippen molar-refractivity contribution in [2.24, 2.45) is 0 Å². The van der Waals surface area contributed by atoms with Gasteiger partial charge in [-0.05, 0) is 43.0 Å². The van der Waals surface area contributed by atoms with Gasteiger partial charge in [-0.1, -0.05) is 17.7 Å². The van der Waals surface area contributed by atoms with Crippen molar-refractivity contribution in [1.82, 2.24) is 4.98 Å². The van der Waals surface area contributed by atoms with Crippen LogP contribution in [0.2, 0.25) is 5.02 Å². The molecule has 0 saturated carbocycles. The Balaban J connectivity index is 2.03. The maximum atomic E-state index is 13.8. The van der Waals surface area contributed by atoms with Crippen LogP contribution in [-0.2, 0) is 12.8 Å². The lowest BCUT2D eigenvalue weighted by Crippen LogP contribution is -1.98. The number of benzene rings is 1. The van der Waals surface area contributed by atoms with Gasteiger partial charge in [-0.2, -0.15) is 5.26 Å². The number of hydrogen-bond acceptors (Lipinski definition) is 3. The summed E-state index contributed by atoms with van der Waals surface area (Å²) in [6.45, 7) is 0. The smallest absolute Gasteiger partial charge is 0.237 e. The molecular formula is C15H10ClFN2O. The van der Waals surface area contributed by atoms with Crippen LogP contribution in [0.5, 0.6) is 11.6 Å². The monoisotopic (exact) mass is 288 g/mol. The molecule has 1 aromatic carbocycles. The Morgan fingerprint density at radius 1 is 1.35 bits per heavy atom. The van der Waals surface area contributed by atoms with Crippen molar-refractivity contribution in [3.63, 3.8) is 0 Å². The van der Waals surface area contributed by atoms with Crippen LogP contribution in [0, 0.1) is 17.1 Å². The first kappa shape index (κ1) is 12.9. The van der Waals surface area contributed by atoms with Crippen molar-refractivity contribution >= 4 is 11.6 Å². The number of rotatable bonds is 2. The Kier molecular flexibility index (Phi) is 3.29. The number of fused-ring (bicyclic) bond motifs is 1. The second-order valence-electron chi connectivity index (χ2n) is 4.57. The molecule has 1 aliphatic carbocycles. The minimum absolute atomic E-state index is 0.0258. The highest BCUT2D eigenvalue weighted by Crippen LogP contribution is 2.32. The summed E-state index contributed by atoms with van der Waals surface area (Å²) in [5, 5.41) is 9.14. The van der Waals surface area contributed by atoms with E-state index in [2.05, 4.69) is 4.98 Å². The van der Waals surface area contributed by atoms with Gasteiger partial charge in [0.2, 0.25) is 5.88 Å². The van der Waals surface area contributed by atoms with Crippen LogP contribution in [0.4, 0.5) is 4.39 Å². The summed E-state index contributed by atoms with van der Waals surface area (Å²) < 4.78 is 19.3. The number of hydrogen-bond donors (Lipinski definition) is 0. The molecule has 2 aromatic rings. The fraction of sp³-hybridized carbons (Fsp3) is 0.200. The van der Waals surface area contributed by atoms with Crippen LogP contribution in [0.25, 0.3) is 0 Å². The lowest BCUT2D eigenvalue weighted by molar-refractivity contribution is 0.425. The molecule has 1 aliphatic rings. The second kappa shape index (κ2) is 5.10. The van der Waals surface area contributed by atoms with Crippen LogP contribution < -0.4 is 4.74 Å². The molecule has 5 heteroatoms. The van der Waals surface area contributed by atoms with Crippen molar-refractivity contribution in [3.8, 4) is 17.7 Å². The van der Waals surface area contributed by atoms with Gasteiger partial charge in [0.15, 0.2) is 11.6 Å². The summed E-state index contributed by atoms with van der Waals surface area (Å²) >= 11 is 5.71. The highest BCUT2D eigenvalue weighted by molar-refractivity contribution is 6.30. The molecule has 0 atom stereocenters. The fourth-order valence-electron chi connectivity index (χ4n) is 2.28. The first-order chi connectivity index (χ1) is 9.69. The first-order valence-corrected chi connectivity index (χ1v) is 6.61. The van der Waals surface area contributed by atoms with Crippen molar-refractivity contribution in [2.75, 3.05) is 0 Å². The zero-order valence-electron chi connectivity index (χ0n) is 10.5. The van der Waals surface area contributed by atoms with E-state index in [1.165, 1.54) is 12.1 Å². The first-order valence-electron chi connectivity index (χ1n) is 6.24. The lowest BCUT2D eigenvalue weighted by Gasteiger charge is -2.09. The van der Waals surface area contributed by atoms with E-state index in [0.29, 0.717) is 5.56 Å². The third-order valence-electron chi connectivity index (χ3n) is 3.26. The third-order valence-corrected chi connectivity index (χ3v) is 3.55. The maximum Gasteiger partial charge on any atom is 0.237 e. The number of ether oxygens (including phenoxy) is 1. The minimum Gasteiger partial charge on any atom is -0.435 e. The summed E-state index contributed by atoms with van der Waals surface area (Å²) in [4.78, 5) is 4.34. The van der Waals surface area contributed by atoms with Crippen LogP contribution >= 0.6 is 11.6 Å². The van der Waals surface area contributed by atoms with Crippen LogP contribution in [0.3, 0.4) is 0 Å². The zero-order chi connectivity index (χ0) is 14.1. The van der Waals surface area contributed by atoms with Gasteiger partial charge in [-0.15, -0.1) is 0 Å². The number of nitriles is 1. The lowest BCUT2D eigenvalue weighted by atomic mass is 10.1. The molecule has 0 radical (unpaired) electrons. The zero-order valence-corrected chi connectivity index (χ0v) is 11.2. The van der Waals surface area contributed by atoms with E-state index in [0.717, 1.165) is 30.5 Å². The maximum absolute atomic E-state index is 13.8. The number of aryl methyl sites for hydroxylation is 2. The highest BCUT2D eigenvalue weighted by atomic mass is 35.5. The third kappa shape index (κ3) is 2.21. The average molecular weight is 289 g/mol. The Morgan fingerprint density at radius 3 is 3.00 bits per heavy atom. The predicted octanol–water partition coefficient (Wildman–Crippen LogP) is 4.03. The van der Waals surface area contributed by atoms with Gasteiger partial charge in [-0.25, -0.2) is 9.37 Å². The molecular weight excluding hydrogens is 279 g/mol. The Labute approximate surface area is 120 Å². The van der Waals surface area contributed by atoms with Crippen molar-refractivity contribution in [1.29, 1.82) is 5.26 Å². The molecule has 0 N–H and O–H groups in total. The SMILES string of the molecule is N#Cc1cc2c(nc1Oc1cccc(Cl)c1F)CCC2. The van der Waals surface area contributed by atoms with E-state index in [4.69, 9.17) is 21.6 Å². The fourth-order valence-corrected chi connectivity index (χ4v) is 2.44. The van der Waals surface area contributed by atoms with E-state index < -0.39 is 5.82 Å². The predicted molar refractivity (Wildman–Crippen MR) is 72.5 cm³/mol. The molecule has 3 nitrogen and oxygen atoms in total. The standard InChI is InChI=1S/C15H10ClFN2O/c16-11-4-2-6-13(14(11)17)20-15-10(8-18)7-9-3-1-5-12(9)19-15/h2,4,6-7H,1,3,5H2. The van der Waals surface area contributed by atoms with Gasteiger partial charge in [0.1, 0.15) is 11.6 Å². The molecule has 0 bridgehead atoms. The molecule has 1 aromatic heterocycles. The highest BCUT2D eigenvalue weighted by Gasteiger charge is 2.19. The van der Waals surface area contributed by atoms with Gasteiger partial charge in [0.05, 0.1) is 5.02 Å². The molecule has 0 saturated heterocycles. The van der Waals surface area contributed by atoms with Crippen LogP contribution in [0.1, 0.15) is 23.2 Å². The van der Waals surface area contributed by atoms with E-state index in [1.54, 1.807) is 12.1 Å². The normalized spacial score (nSPS) is 12.8. The summed E-state index contributed by atoms with van der Waals surface area (Å²) in [6, 6.07) is 8.28. The molecule has 0 fully saturated rings. The average Bonchev–Trinajstić information content (AvgIpc) is 2.90. The topological polar surface area (TPSA) is 45.9 Å². The van der Waals surface area contributed by atoms with Crippen molar-refractivity contribution in [2.45, 2.75) is 19.3 Å². The molecule has 0 amide bonds. The number of halogens is 2. The number of nitrogens with zero attached hydrogens (tertiary/aromatic N) is 2. The summed E-state index contributed by atoms with van der Waals surface area (Å²) in [6.07, 6.45) is 2.79. The molecule has 0 spiro atoms. The van der Waals surface area contributed by atoms with Crippen LogP contribution in [-0.4, -0.2) is 4.98 Å². The van der Waals surface area contributed by atoms with Gasteiger partial charge in [0.25, 0.3) is 0 Å². The van der Waals surface area contributed by atoms with Gasteiger partial charge in [-0.3, -0.25) is 0 Å². The summed E-state index contributed by atoms with van der Waals surface area (Å²) in [7, 11) is 0. The van der Waals surface area contributed by atoms with E-state index in [9.17, 15) is 4.39 Å². The van der Waals surface area contributed by atoms with Gasteiger partial charge in [0, 0.05) is 5.69 Å². The van der Waals surface area contributed by atoms with E-state index in [1.807, 2.05) is 6.07 Å².